The third-order valence-electron chi connectivity index (χ3n) is 6.05. The first-order valence-electron chi connectivity index (χ1n) is 10.7. The van der Waals surface area contributed by atoms with E-state index < -0.39 is 0 Å². The third kappa shape index (κ3) is 8.91. The fraction of sp³-hybridized carbons (Fsp3) is 0.955. The molecule has 0 aliphatic carbocycles. The molecule has 1 rings (SSSR count). The van der Waals surface area contributed by atoms with Crippen molar-refractivity contribution in [2.45, 2.75) is 117 Å². The van der Waals surface area contributed by atoms with Crippen molar-refractivity contribution in [1.82, 2.24) is 0 Å². The van der Waals surface area contributed by atoms with Gasteiger partial charge in [-0.15, -0.1) is 0 Å². The highest BCUT2D eigenvalue weighted by Crippen LogP contribution is 2.43. The summed E-state index contributed by atoms with van der Waals surface area (Å²) in [7, 11) is 0. The first kappa shape index (κ1) is 20.7. The van der Waals surface area contributed by atoms with Crippen molar-refractivity contribution < 1.29 is 0 Å². The van der Waals surface area contributed by atoms with Crippen LogP contribution < -0.4 is 0 Å². The zero-order valence-electron chi connectivity index (χ0n) is 16.4. The van der Waals surface area contributed by atoms with Gasteiger partial charge in [-0.05, 0) is 49.7 Å². The zero-order valence-corrected chi connectivity index (χ0v) is 16.4. The van der Waals surface area contributed by atoms with Crippen molar-refractivity contribution in [3.8, 4) is 0 Å². The number of hydrogen-bond acceptors (Lipinski definition) is 1. The van der Waals surface area contributed by atoms with E-state index in [0.717, 1.165) is 12.5 Å². The summed E-state index contributed by atoms with van der Waals surface area (Å²) in [5.74, 6) is 0.874. The van der Waals surface area contributed by atoms with E-state index in [1.807, 2.05) is 0 Å². The monoisotopic (exact) mass is 321 g/mol. The Morgan fingerprint density at radius 3 is 2.13 bits per heavy atom. The Kier molecular flexibility index (Phi) is 11.7. The van der Waals surface area contributed by atoms with E-state index in [9.17, 15) is 0 Å². The summed E-state index contributed by atoms with van der Waals surface area (Å²) in [6.45, 7) is 8.31. The zero-order chi connectivity index (χ0) is 16.8. The average Bonchev–Trinajstić information content (AvgIpc) is 2.51. The lowest BCUT2D eigenvalue weighted by molar-refractivity contribution is 0.135. The molecular formula is C22H43N. The first-order valence-corrected chi connectivity index (χ1v) is 10.7. The van der Waals surface area contributed by atoms with Gasteiger partial charge in [0, 0.05) is 6.54 Å². The molecule has 0 bridgehead atoms. The molecule has 1 aliphatic heterocycles. The summed E-state index contributed by atoms with van der Waals surface area (Å²) < 4.78 is 0. The molecule has 0 N–H and O–H groups in total. The van der Waals surface area contributed by atoms with Crippen LogP contribution in [0.15, 0.2) is 4.99 Å². The number of unbranched alkanes of at least 4 members (excludes halogenated alkanes) is 7. The van der Waals surface area contributed by atoms with Gasteiger partial charge < -0.3 is 0 Å². The largest absolute Gasteiger partial charge is 0.298 e. The minimum Gasteiger partial charge on any atom is -0.298 e. The summed E-state index contributed by atoms with van der Waals surface area (Å²) in [6, 6.07) is 0. The average molecular weight is 322 g/mol. The van der Waals surface area contributed by atoms with Gasteiger partial charge in [0.2, 0.25) is 0 Å². The van der Waals surface area contributed by atoms with Crippen LogP contribution in [0.1, 0.15) is 117 Å². The molecule has 0 amide bonds. The predicted molar refractivity (Wildman–Crippen MR) is 106 cm³/mol. The molecule has 0 saturated heterocycles. The molecule has 136 valence electrons. The van der Waals surface area contributed by atoms with E-state index in [4.69, 9.17) is 0 Å². The Morgan fingerprint density at radius 1 is 0.870 bits per heavy atom. The Morgan fingerprint density at radius 2 is 1.48 bits per heavy atom. The van der Waals surface area contributed by atoms with Crippen LogP contribution >= 0.6 is 0 Å². The van der Waals surface area contributed by atoms with Crippen LogP contribution in [0.5, 0.6) is 0 Å². The van der Waals surface area contributed by atoms with E-state index in [1.165, 1.54) is 96.3 Å². The Bertz CT molecular complexity index is 296. The van der Waals surface area contributed by atoms with E-state index in [-0.39, 0.29) is 0 Å². The lowest BCUT2D eigenvalue weighted by Gasteiger charge is -2.39. The van der Waals surface area contributed by atoms with Crippen LogP contribution in [-0.4, -0.2) is 12.8 Å². The van der Waals surface area contributed by atoms with Gasteiger partial charge in [0.25, 0.3) is 0 Å². The van der Waals surface area contributed by atoms with Crippen molar-refractivity contribution in [2.75, 3.05) is 6.54 Å². The van der Waals surface area contributed by atoms with Crippen molar-refractivity contribution in [1.29, 1.82) is 0 Å². The van der Waals surface area contributed by atoms with Crippen LogP contribution in [0, 0.1) is 11.3 Å². The van der Waals surface area contributed by atoms with Gasteiger partial charge in [-0.25, -0.2) is 0 Å². The Hall–Kier alpha value is -0.330. The Balaban J connectivity index is 2.53. The second kappa shape index (κ2) is 13.0. The molecular weight excluding hydrogens is 278 g/mol. The normalized spacial score (nSPS) is 23.0. The summed E-state index contributed by atoms with van der Waals surface area (Å²) >= 11 is 0. The van der Waals surface area contributed by atoms with Crippen LogP contribution in [-0.2, 0) is 0 Å². The molecule has 0 fully saturated rings. The van der Waals surface area contributed by atoms with Gasteiger partial charge in [0.05, 0.1) is 0 Å². The van der Waals surface area contributed by atoms with Gasteiger partial charge >= 0.3 is 0 Å². The van der Waals surface area contributed by atoms with Gasteiger partial charge in [0.1, 0.15) is 0 Å². The lowest BCUT2D eigenvalue weighted by atomic mass is 9.67. The van der Waals surface area contributed by atoms with E-state index >= 15 is 0 Å². The molecule has 0 aromatic carbocycles. The smallest absolute Gasteiger partial charge is 0.0385 e. The topological polar surface area (TPSA) is 12.4 Å². The quantitative estimate of drug-likeness (QED) is 0.328. The van der Waals surface area contributed by atoms with Crippen molar-refractivity contribution >= 4 is 6.21 Å². The van der Waals surface area contributed by atoms with Crippen LogP contribution in [0.3, 0.4) is 0 Å². The number of rotatable bonds is 12. The highest BCUT2D eigenvalue weighted by atomic mass is 14.7. The molecule has 1 heterocycles. The predicted octanol–water partition coefficient (Wildman–Crippen LogP) is 7.58. The van der Waals surface area contributed by atoms with Gasteiger partial charge in [0.15, 0.2) is 0 Å². The lowest BCUT2D eigenvalue weighted by Crippen LogP contribution is -2.29. The van der Waals surface area contributed by atoms with E-state index in [0.29, 0.717) is 5.41 Å². The van der Waals surface area contributed by atoms with Crippen molar-refractivity contribution in [2.24, 2.45) is 16.3 Å². The molecule has 0 saturated carbocycles. The first-order chi connectivity index (χ1) is 11.2. The van der Waals surface area contributed by atoms with Gasteiger partial charge in [-0.2, -0.15) is 0 Å². The van der Waals surface area contributed by atoms with Crippen LogP contribution in [0.25, 0.3) is 0 Å². The highest BCUT2D eigenvalue weighted by Gasteiger charge is 2.32. The minimum atomic E-state index is 0.559. The molecule has 0 radical (unpaired) electrons. The molecule has 23 heavy (non-hydrogen) atoms. The second-order valence-electron chi connectivity index (χ2n) is 8.15. The number of aliphatic imine (C=N–C) groups is 1. The molecule has 0 spiro atoms. The molecule has 1 aliphatic rings. The van der Waals surface area contributed by atoms with Crippen molar-refractivity contribution in [3.63, 3.8) is 0 Å². The summed E-state index contributed by atoms with van der Waals surface area (Å²) in [4.78, 5) is 4.60. The SMILES string of the molecule is CCCCCCCC(C)(CCCCCC)C1C/C=N\CCCC1. The Labute approximate surface area is 146 Å². The highest BCUT2D eigenvalue weighted by molar-refractivity contribution is 5.57. The third-order valence-corrected chi connectivity index (χ3v) is 6.05. The summed E-state index contributed by atoms with van der Waals surface area (Å²) in [5.41, 5.74) is 0.559. The number of nitrogens with zero attached hydrogens (tertiary/aromatic N) is 1. The molecule has 1 heteroatoms. The van der Waals surface area contributed by atoms with Gasteiger partial charge in [-0.3, -0.25) is 4.99 Å². The van der Waals surface area contributed by atoms with Gasteiger partial charge in [-0.1, -0.05) is 85.0 Å². The minimum absolute atomic E-state index is 0.559. The molecule has 0 aromatic rings. The van der Waals surface area contributed by atoms with E-state index in [2.05, 4.69) is 32.0 Å². The van der Waals surface area contributed by atoms with Crippen LogP contribution in [0.4, 0.5) is 0 Å². The fourth-order valence-electron chi connectivity index (χ4n) is 4.26. The standard InChI is InChI=1S/C22H43N/c1-4-6-8-10-13-18-22(3,17-12-9-7-5-2)21-15-11-14-19-23-20-16-21/h20-21H,4-19H2,1-3H3/b23-20-. The molecule has 0 aromatic heterocycles. The fourth-order valence-corrected chi connectivity index (χ4v) is 4.26. The molecule has 2 atom stereocenters. The maximum atomic E-state index is 4.60. The van der Waals surface area contributed by atoms with Crippen LogP contribution in [0.2, 0.25) is 0 Å². The maximum absolute atomic E-state index is 4.60. The van der Waals surface area contributed by atoms with E-state index in [1.54, 1.807) is 0 Å². The number of hydrogen-bond donors (Lipinski definition) is 0. The molecule has 1 nitrogen and oxygen atoms in total. The summed E-state index contributed by atoms with van der Waals surface area (Å²) in [6.07, 6.45) is 23.2. The maximum Gasteiger partial charge on any atom is 0.0385 e. The second-order valence-corrected chi connectivity index (χ2v) is 8.15. The summed E-state index contributed by atoms with van der Waals surface area (Å²) in [5, 5.41) is 0. The molecule has 2 unspecified atom stereocenters. The van der Waals surface area contributed by atoms with Crippen molar-refractivity contribution in [3.05, 3.63) is 0 Å².